The predicted octanol–water partition coefficient (Wildman–Crippen LogP) is 2.54. The van der Waals surface area contributed by atoms with Crippen molar-refractivity contribution in [3.05, 3.63) is 46.0 Å². The predicted molar refractivity (Wildman–Crippen MR) is 66.9 cm³/mol. The van der Waals surface area contributed by atoms with Gasteiger partial charge in [-0.3, -0.25) is 9.78 Å². The molecule has 0 spiro atoms. The fourth-order valence-corrected chi connectivity index (χ4v) is 1.56. The van der Waals surface area contributed by atoms with Gasteiger partial charge in [-0.2, -0.15) is 0 Å². The summed E-state index contributed by atoms with van der Waals surface area (Å²) in [5, 5.41) is 2.85. The summed E-state index contributed by atoms with van der Waals surface area (Å²) < 4.78 is 0.729. The molecule has 5 nitrogen and oxygen atoms in total. The maximum Gasteiger partial charge on any atom is 0.258 e. The Balaban J connectivity index is 2.14. The molecule has 0 aromatic carbocycles. The molecule has 2 heterocycles. The van der Waals surface area contributed by atoms with Crippen LogP contribution in [-0.2, 0) is 0 Å². The van der Waals surface area contributed by atoms with Crippen LogP contribution in [0.4, 0.5) is 5.82 Å². The van der Waals surface area contributed by atoms with E-state index in [1.165, 1.54) is 18.6 Å². The molecule has 86 valence electrons. The van der Waals surface area contributed by atoms with Crippen molar-refractivity contribution in [3.63, 3.8) is 0 Å². The molecule has 0 saturated heterocycles. The number of carbonyl (C=O) groups is 1. The normalized spacial score (nSPS) is 10.0. The average Bonchev–Trinajstić information content (AvgIpc) is 2.32. The first-order valence-corrected chi connectivity index (χ1v) is 5.72. The van der Waals surface area contributed by atoms with Crippen LogP contribution < -0.4 is 5.32 Å². The SMILES string of the molecule is O=C(Nc1cnc(Cl)cn1)c1cncc(Br)c1. The van der Waals surface area contributed by atoms with Crippen molar-refractivity contribution >= 4 is 39.3 Å². The molecule has 0 radical (unpaired) electrons. The minimum atomic E-state index is -0.310. The van der Waals surface area contributed by atoms with E-state index in [9.17, 15) is 4.79 Å². The van der Waals surface area contributed by atoms with Gasteiger partial charge in [0.25, 0.3) is 5.91 Å². The summed E-state index contributed by atoms with van der Waals surface area (Å²) in [6.07, 6.45) is 5.80. The second-order valence-electron chi connectivity index (χ2n) is 3.07. The summed E-state index contributed by atoms with van der Waals surface area (Å²) in [6, 6.07) is 1.66. The number of anilines is 1. The standard InChI is InChI=1S/C10H6BrClN4O/c11-7-1-6(2-13-3-7)10(17)16-9-5-14-8(12)4-15-9/h1-5H,(H,15,16,17). The number of carbonyl (C=O) groups excluding carboxylic acids is 1. The molecule has 2 aromatic rings. The average molecular weight is 314 g/mol. The topological polar surface area (TPSA) is 67.8 Å². The number of rotatable bonds is 2. The number of nitrogens with one attached hydrogen (secondary N) is 1. The Kier molecular flexibility index (Phi) is 3.65. The summed E-state index contributed by atoms with van der Waals surface area (Å²) in [5.41, 5.74) is 0.427. The van der Waals surface area contributed by atoms with Crippen molar-refractivity contribution < 1.29 is 4.79 Å². The fourth-order valence-electron chi connectivity index (χ4n) is 1.10. The zero-order chi connectivity index (χ0) is 12.3. The highest BCUT2D eigenvalue weighted by Gasteiger charge is 2.07. The van der Waals surface area contributed by atoms with E-state index in [-0.39, 0.29) is 11.1 Å². The van der Waals surface area contributed by atoms with Gasteiger partial charge in [0.15, 0.2) is 5.82 Å². The van der Waals surface area contributed by atoms with Crippen LogP contribution in [0.5, 0.6) is 0 Å². The van der Waals surface area contributed by atoms with Crippen LogP contribution in [0.1, 0.15) is 10.4 Å². The van der Waals surface area contributed by atoms with E-state index in [4.69, 9.17) is 11.6 Å². The second-order valence-corrected chi connectivity index (χ2v) is 4.37. The highest BCUT2D eigenvalue weighted by atomic mass is 79.9. The van der Waals surface area contributed by atoms with Crippen LogP contribution in [0.2, 0.25) is 5.15 Å². The lowest BCUT2D eigenvalue weighted by Gasteiger charge is -2.03. The lowest BCUT2D eigenvalue weighted by molar-refractivity contribution is 0.102. The molecule has 0 aliphatic rings. The number of hydrogen-bond donors (Lipinski definition) is 1. The lowest BCUT2D eigenvalue weighted by atomic mass is 10.3. The molecule has 1 N–H and O–H groups in total. The lowest BCUT2D eigenvalue weighted by Crippen LogP contribution is -2.13. The van der Waals surface area contributed by atoms with Gasteiger partial charge in [-0.15, -0.1) is 0 Å². The number of hydrogen-bond acceptors (Lipinski definition) is 4. The number of amides is 1. The maximum absolute atomic E-state index is 11.8. The summed E-state index contributed by atoms with van der Waals surface area (Å²) in [6.45, 7) is 0. The van der Waals surface area contributed by atoms with Crippen molar-refractivity contribution in [3.8, 4) is 0 Å². The molecule has 0 aliphatic heterocycles. The minimum absolute atomic E-state index is 0.270. The van der Waals surface area contributed by atoms with E-state index in [2.05, 4.69) is 36.2 Å². The highest BCUT2D eigenvalue weighted by molar-refractivity contribution is 9.10. The van der Waals surface area contributed by atoms with Gasteiger partial charge in [0.05, 0.1) is 18.0 Å². The third-order valence-corrected chi connectivity index (χ3v) is 2.46. The van der Waals surface area contributed by atoms with E-state index in [1.54, 1.807) is 12.3 Å². The first-order valence-electron chi connectivity index (χ1n) is 4.54. The van der Waals surface area contributed by atoms with Crippen LogP contribution in [0.15, 0.2) is 35.3 Å². The van der Waals surface area contributed by atoms with Gasteiger partial charge in [-0.1, -0.05) is 11.6 Å². The molecule has 1 amide bonds. The Morgan fingerprint density at radius 2 is 2.06 bits per heavy atom. The summed E-state index contributed by atoms with van der Waals surface area (Å²) in [5.74, 6) is 0.0230. The van der Waals surface area contributed by atoms with Crippen LogP contribution in [0.3, 0.4) is 0 Å². The fraction of sp³-hybridized carbons (Fsp3) is 0. The molecule has 0 atom stereocenters. The monoisotopic (exact) mass is 312 g/mol. The van der Waals surface area contributed by atoms with Gasteiger partial charge in [-0.05, 0) is 22.0 Å². The third-order valence-electron chi connectivity index (χ3n) is 1.83. The van der Waals surface area contributed by atoms with E-state index in [0.29, 0.717) is 11.4 Å². The van der Waals surface area contributed by atoms with Crippen LogP contribution in [0, 0.1) is 0 Å². The summed E-state index contributed by atoms with van der Waals surface area (Å²) >= 11 is 8.82. The van der Waals surface area contributed by atoms with Gasteiger partial charge in [-0.25, -0.2) is 9.97 Å². The van der Waals surface area contributed by atoms with Gasteiger partial charge >= 0.3 is 0 Å². The molecule has 0 bridgehead atoms. The molecule has 0 unspecified atom stereocenters. The number of pyridine rings is 1. The minimum Gasteiger partial charge on any atom is -0.305 e. The summed E-state index contributed by atoms with van der Waals surface area (Å²) in [4.78, 5) is 23.4. The molecule has 0 fully saturated rings. The van der Waals surface area contributed by atoms with Gasteiger partial charge in [0, 0.05) is 16.9 Å². The first-order chi connectivity index (χ1) is 8.15. The van der Waals surface area contributed by atoms with Crippen LogP contribution in [-0.4, -0.2) is 20.9 Å². The second kappa shape index (κ2) is 5.20. The van der Waals surface area contributed by atoms with Gasteiger partial charge < -0.3 is 5.32 Å². The van der Waals surface area contributed by atoms with Gasteiger partial charge in [0.2, 0.25) is 0 Å². The Morgan fingerprint density at radius 3 is 2.71 bits per heavy atom. The number of aromatic nitrogens is 3. The molecule has 17 heavy (non-hydrogen) atoms. The molecule has 2 aromatic heterocycles. The Bertz CT molecular complexity index is 546. The Hall–Kier alpha value is -1.53. The Morgan fingerprint density at radius 1 is 1.24 bits per heavy atom. The van der Waals surface area contributed by atoms with E-state index < -0.39 is 0 Å². The van der Waals surface area contributed by atoms with Crippen LogP contribution in [0.25, 0.3) is 0 Å². The number of nitrogens with zero attached hydrogens (tertiary/aromatic N) is 3. The van der Waals surface area contributed by atoms with Crippen LogP contribution >= 0.6 is 27.5 Å². The van der Waals surface area contributed by atoms with Crippen molar-refractivity contribution in [1.29, 1.82) is 0 Å². The Labute approximate surface area is 110 Å². The smallest absolute Gasteiger partial charge is 0.258 e. The molecule has 0 aliphatic carbocycles. The molecule has 2 rings (SSSR count). The van der Waals surface area contributed by atoms with E-state index in [0.717, 1.165) is 4.47 Å². The largest absolute Gasteiger partial charge is 0.305 e. The zero-order valence-corrected chi connectivity index (χ0v) is 10.7. The maximum atomic E-state index is 11.8. The molecular formula is C10H6BrClN4O. The molecule has 7 heteroatoms. The van der Waals surface area contributed by atoms with Crippen molar-refractivity contribution in [1.82, 2.24) is 15.0 Å². The molecule has 0 saturated carbocycles. The summed E-state index contributed by atoms with van der Waals surface area (Å²) in [7, 11) is 0. The molecular weight excluding hydrogens is 307 g/mol. The van der Waals surface area contributed by atoms with E-state index >= 15 is 0 Å². The number of halogens is 2. The van der Waals surface area contributed by atoms with E-state index in [1.807, 2.05) is 0 Å². The zero-order valence-electron chi connectivity index (χ0n) is 8.39. The first kappa shape index (κ1) is 11.9. The third kappa shape index (κ3) is 3.21. The van der Waals surface area contributed by atoms with Crippen molar-refractivity contribution in [2.24, 2.45) is 0 Å². The van der Waals surface area contributed by atoms with Gasteiger partial charge in [0.1, 0.15) is 5.15 Å². The van der Waals surface area contributed by atoms with Crippen molar-refractivity contribution in [2.45, 2.75) is 0 Å². The quantitative estimate of drug-likeness (QED) is 0.925. The highest BCUT2D eigenvalue weighted by Crippen LogP contribution is 2.11. The van der Waals surface area contributed by atoms with Crippen molar-refractivity contribution in [2.75, 3.05) is 5.32 Å².